The monoisotopic (exact) mass is 197 g/mol. The molecule has 0 saturated heterocycles. The maximum Gasteiger partial charge on any atom is 0.141 e. The van der Waals surface area contributed by atoms with E-state index in [9.17, 15) is 0 Å². The highest BCUT2D eigenvalue weighted by Crippen LogP contribution is 2.37. The number of para-hydroxylation sites is 1. The van der Waals surface area contributed by atoms with Gasteiger partial charge in [0.15, 0.2) is 0 Å². The van der Waals surface area contributed by atoms with Gasteiger partial charge in [-0.2, -0.15) is 0 Å². The summed E-state index contributed by atoms with van der Waals surface area (Å²) >= 11 is 6.00. The molecule has 1 aromatic carbocycles. The van der Waals surface area contributed by atoms with Crippen LogP contribution in [0.4, 0.5) is 0 Å². The second-order valence-electron chi connectivity index (χ2n) is 3.23. The van der Waals surface area contributed by atoms with Crippen molar-refractivity contribution < 1.29 is 4.74 Å². The van der Waals surface area contributed by atoms with Gasteiger partial charge in [-0.1, -0.05) is 23.7 Å². The standard InChI is InChI=1S/C10H12ClNO/c11-9-3-1-2-8-7(6-12)4-5-13-10(8)9/h1-3,7H,4-6,12H2. The number of ether oxygens (including phenoxy) is 1. The minimum atomic E-state index is 0.405. The molecule has 1 aliphatic rings. The first kappa shape index (κ1) is 8.85. The highest BCUT2D eigenvalue weighted by atomic mass is 35.5. The molecule has 1 heterocycles. The molecule has 1 aromatic rings. The Balaban J connectivity index is 2.45. The third-order valence-electron chi connectivity index (χ3n) is 2.43. The summed E-state index contributed by atoms with van der Waals surface area (Å²) in [5.41, 5.74) is 6.82. The van der Waals surface area contributed by atoms with Crippen molar-refractivity contribution in [2.75, 3.05) is 13.2 Å². The molecule has 0 aliphatic carbocycles. The molecular weight excluding hydrogens is 186 g/mol. The molecule has 0 amide bonds. The van der Waals surface area contributed by atoms with Crippen molar-refractivity contribution in [1.82, 2.24) is 0 Å². The van der Waals surface area contributed by atoms with E-state index in [1.165, 1.54) is 0 Å². The molecule has 2 N–H and O–H groups in total. The summed E-state index contributed by atoms with van der Waals surface area (Å²) in [5.74, 6) is 1.23. The normalized spacial score (nSPS) is 20.6. The van der Waals surface area contributed by atoms with Crippen LogP contribution in [0.25, 0.3) is 0 Å². The molecule has 0 aromatic heterocycles. The quantitative estimate of drug-likeness (QED) is 0.749. The minimum absolute atomic E-state index is 0.405. The number of nitrogens with two attached hydrogens (primary N) is 1. The smallest absolute Gasteiger partial charge is 0.141 e. The van der Waals surface area contributed by atoms with Gasteiger partial charge in [-0.05, 0) is 19.0 Å². The van der Waals surface area contributed by atoms with Gasteiger partial charge in [0.05, 0.1) is 11.6 Å². The lowest BCUT2D eigenvalue weighted by Crippen LogP contribution is -2.20. The van der Waals surface area contributed by atoms with Crippen molar-refractivity contribution >= 4 is 11.6 Å². The van der Waals surface area contributed by atoms with Gasteiger partial charge in [-0.15, -0.1) is 0 Å². The predicted octanol–water partition coefficient (Wildman–Crippen LogP) is 2.16. The van der Waals surface area contributed by atoms with Crippen molar-refractivity contribution in [2.45, 2.75) is 12.3 Å². The van der Waals surface area contributed by atoms with Crippen molar-refractivity contribution in [3.05, 3.63) is 28.8 Å². The summed E-state index contributed by atoms with van der Waals surface area (Å²) in [6.45, 7) is 1.38. The van der Waals surface area contributed by atoms with E-state index in [0.717, 1.165) is 24.3 Å². The number of fused-ring (bicyclic) bond motifs is 1. The molecule has 0 spiro atoms. The van der Waals surface area contributed by atoms with Gasteiger partial charge in [0.1, 0.15) is 5.75 Å². The maximum atomic E-state index is 6.00. The Hall–Kier alpha value is -0.730. The summed E-state index contributed by atoms with van der Waals surface area (Å²) in [7, 11) is 0. The molecule has 0 bridgehead atoms. The first-order valence-electron chi connectivity index (χ1n) is 4.44. The topological polar surface area (TPSA) is 35.2 Å². The SMILES string of the molecule is NCC1CCOc2c(Cl)cccc21. The molecule has 1 atom stereocenters. The number of rotatable bonds is 1. The van der Waals surface area contributed by atoms with Crippen molar-refractivity contribution in [3.63, 3.8) is 0 Å². The summed E-state index contributed by atoms with van der Waals surface area (Å²) < 4.78 is 5.50. The fourth-order valence-corrected chi connectivity index (χ4v) is 1.94. The second kappa shape index (κ2) is 3.56. The highest BCUT2D eigenvalue weighted by Gasteiger charge is 2.21. The summed E-state index contributed by atoms with van der Waals surface area (Å²) in [4.78, 5) is 0. The second-order valence-corrected chi connectivity index (χ2v) is 3.64. The van der Waals surface area contributed by atoms with Gasteiger partial charge in [0.2, 0.25) is 0 Å². The van der Waals surface area contributed by atoms with E-state index in [1.54, 1.807) is 0 Å². The largest absolute Gasteiger partial charge is 0.492 e. The first-order valence-corrected chi connectivity index (χ1v) is 4.82. The van der Waals surface area contributed by atoms with Crippen LogP contribution in [-0.4, -0.2) is 13.2 Å². The Morgan fingerprint density at radius 3 is 3.15 bits per heavy atom. The number of halogens is 1. The highest BCUT2D eigenvalue weighted by molar-refractivity contribution is 6.32. The zero-order valence-electron chi connectivity index (χ0n) is 7.29. The molecule has 1 unspecified atom stereocenters. The number of benzene rings is 1. The summed E-state index contributed by atoms with van der Waals surface area (Å²) in [6.07, 6.45) is 0.990. The van der Waals surface area contributed by atoms with Crippen LogP contribution < -0.4 is 10.5 Å². The van der Waals surface area contributed by atoms with Gasteiger partial charge >= 0.3 is 0 Å². The summed E-state index contributed by atoms with van der Waals surface area (Å²) in [6, 6.07) is 5.83. The van der Waals surface area contributed by atoms with Crippen molar-refractivity contribution in [1.29, 1.82) is 0 Å². The van der Waals surface area contributed by atoms with Crippen LogP contribution in [0.3, 0.4) is 0 Å². The van der Waals surface area contributed by atoms with Gasteiger partial charge in [0, 0.05) is 11.5 Å². The fraction of sp³-hybridized carbons (Fsp3) is 0.400. The molecule has 13 heavy (non-hydrogen) atoms. The average Bonchev–Trinajstić information content (AvgIpc) is 2.18. The van der Waals surface area contributed by atoms with Crippen LogP contribution in [0.5, 0.6) is 5.75 Å². The van der Waals surface area contributed by atoms with Crippen LogP contribution in [0.1, 0.15) is 17.9 Å². The van der Waals surface area contributed by atoms with Crippen LogP contribution in [0, 0.1) is 0 Å². The van der Waals surface area contributed by atoms with E-state index in [0.29, 0.717) is 17.5 Å². The van der Waals surface area contributed by atoms with Gasteiger partial charge in [-0.3, -0.25) is 0 Å². The Kier molecular flexibility index (Phi) is 2.42. The van der Waals surface area contributed by atoms with Crippen molar-refractivity contribution in [3.8, 4) is 5.75 Å². The van der Waals surface area contributed by atoms with E-state index in [-0.39, 0.29) is 0 Å². The maximum absolute atomic E-state index is 6.00. The first-order chi connectivity index (χ1) is 6.33. The summed E-state index contributed by atoms with van der Waals surface area (Å²) in [5, 5.41) is 0.690. The predicted molar refractivity (Wildman–Crippen MR) is 53.4 cm³/mol. The zero-order valence-corrected chi connectivity index (χ0v) is 8.05. The van der Waals surface area contributed by atoms with E-state index in [1.807, 2.05) is 18.2 Å². The Morgan fingerprint density at radius 1 is 1.54 bits per heavy atom. The molecule has 0 saturated carbocycles. The Labute approximate surface area is 82.6 Å². The third kappa shape index (κ3) is 1.52. The fourth-order valence-electron chi connectivity index (χ4n) is 1.70. The van der Waals surface area contributed by atoms with Crippen LogP contribution in [0.2, 0.25) is 5.02 Å². The minimum Gasteiger partial charge on any atom is -0.492 e. The molecule has 3 heteroatoms. The van der Waals surface area contributed by atoms with Crippen LogP contribution in [0.15, 0.2) is 18.2 Å². The number of hydrogen-bond acceptors (Lipinski definition) is 2. The molecule has 70 valence electrons. The van der Waals surface area contributed by atoms with E-state index in [4.69, 9.17) is 22.1 Å². The van der Waals surface area contributed by atoms with Gasteiger partial charge in [0.25, 0.3) is 0 Å². The zero-order chi connectivity index (χ0) is 9.26. The Morgan fingerprint density at radius 2 is 2.38 bits per heavy atom. The van der Waals surface area contributed by atoms with Crippen molar-refractivity contribution in [2.24, 2.45) is 5.73 Å². The molecular formula is C10H12ClNO. The third-order valence-corrected chi connectivity index (χ3v) is 2.73. The lowest BCUT2D eigenvalue weighted by molar-refractivity contribution is 0.269. The molecule has 2 rings (SSSR count). The average molecular weight is 198 g/mol. The Bertz CT molecular complexity index is 314. The van der Waals surface area contributed by atoms with Gasteiger partial charge < -0.3 is 10.5 Å². The lowest BCUT2D eigenvalue weighted by Gasteiger charge is -2.25. The molecule has 1 aliphatic heterocycles. The molecule has 0 fully saturated rings. The van der Waals surface area contributed by atoms with E-state index < -0.39 is 0 Å². The van der Waals surface area contributed by atoms with E-state index >= 15 is 0 Å². The molecule has 2 nitrogen and oxygen atoms in total. The van der Waals surface area contributed by atoms with E-state index in [2.05, 4.69) is 0 Å². The number of hydrogen-bond donors (Lipinski definition) is 1. The van der Waals surface area contributed by atoms with Crippen LogP contribution in [-0.2, 0) is 0 Å². The van der Waals surface area contributed by atoms with Gasteiger partial charge in [-0.25, -0.2) is 0 Å². The lowest BCUT2D eigenvalue weighted by atomic mass is 9.93. The molecule has 0 radical (unpaired) electrons. The van der Waals surface area contributed by atoms with Crippen LogP contribution >= 0.6 is 11.6 Å².